The molecule has 10 heteroatoms. The number of likely N-dealkylation sites (tertiary alicyclic amines) is 1. The van der Waals surface area contributed by atoms with E-state index in [4.69, 9.17) is 9.17 Å². The maximum atomic E-state index is 13.8. The predicted molar refractivity (Wildman–Crippen MR) is 184 cm³/mol. The Bertz CT molecular complexity index is 1830. The molecule has 2 bridgehead atoms. The molecule has 9 nitrogen and oxygen atoms in total. The number of piperidine rings is 2. The van der Waals surface area contributed by atoms with E-state index in [0.717, 1.165) is 54.3 Å². The molecule has 1 aromatic heterocycles. The Morgan fingerprint density at radius 3 is 2.23 bits per heavy atom. The van der Waals surface area contributed by atoms with Crippen molar-refractivity contribution < 1.29 is 17.4 Å². The Labute approximate surface area is 278 Å². The Kier molecular flexibility index (Phi) is 8.61. The molecule has 4 aromatic rings. The lowest BCUT2D eigenvalue weighted by molar-refractivity contribution is 0.0605. The van der Waals surface area contributed by atoms with E-state index < -0.39 is 10.3 Å². The highest BCUT2D eigenvalue weighted by Crippen LogP contribution is 2.45. The number of aromatic nitrogens is 2. The summed E-state index contributed by atoms with van der Waals surface area (Å²) in [6.07, 6.45) is 7.57. The van der Waals surface area contributed by atoms with E-state index in [1.165, 1.54) is 38.0 Å². The van der Waals surface area contributed by atoms with Gasteiger partial charge in [-0.05, 0) is 93.7 Å². The molecular weight excluding hydrogens is 611 g/mol. The lowest BCUT2D eigenvalue weighted by atomic mass is 9.70. The van der Waals surface area contributed by atoms with Crippen molar-refractivity contribution in [3.8, 4) is 5.75 Å². The zero-order chi connectivity index (χ0) is 32.8. The molecule has 3 aliphatic heterocycles. The summed E-state index contributed by atoms with van der Waals surface area (Å²) in [5, 5.41) is 0. The summed E-state index contributed by atoms with van der Waals surface area (Å²) < 4.78 is 33.8. The molecule has 248 valence electrons. The van der Waals surface area contributed by atoms with E-state index in [1.54, 1.807) is 24.3 Å². The summed E-state index contributed by atoms with van der Waals surface area (Å²) in [6.45, 7) is 4.40. The number of carbonyl (C=O) groups is 1. The second kappa shape index (κ2) is 12.7. The van der Waals surface area contributed by atoms with Gasteiger partial charge in [-0.1, -0.05) is 54.6 Å². The molecule has 4 heterocycles. The average Bonchev–Trinajstić information content (AvgIpc) is 3.54. The molecule has 0 saturated carbocycles. The normalized spacial score (nSPS) is 23.0. The van der Waals surface area contributed by atoms with Crippen molar-refractivity contribution in [1.82, 2.24) is 23.7 Å². The van der Waals surface area contributed by atoms with Gasteiger partial charge in [0.25, 0.3) is 5.91 Å². The van der Waals surface area contributed by atoms with E-state index in [-0.39, 0.29) is 22.6 Å². The Morgan fingerprint density at radius 2 is 1.53 bits per heavy atom. The van der Waals surface area contributed by atoms with Crippen molar-refractivity contribution in [3.63, 3.8) is 0 Å². The molecule has 0 N–H and O–H groups in total. The number of benzene rings is 3. The lowest BCUT2D eigenvalue weighted by Crippen LogP contribution is -2.49. The van der Waals surface area contributed by atoms with Gasteiger partial charge in [0.2, 0.25) is 0 Å². The molecular formula is C37H45N5O4S. The number of hydrogen-bond donors (Lipinski definition) is 0. The molecule has 3 aliphatic rings. The van der Waals surface area contributed by atoms with Gasteiger partial charge in [-0.3, -0.25) is 9.69 Å². The third kappa shape index (κ3) is 6.07. The van der Waals surface area contributed by atoms with Gasteiger partial charge >= 0.3 is 10.3 Å². The molecule has 3 aromatic carbocycles. The van der Waals surface area contributed by atoms with Crippen LogP contribution >= 0.6 is 0 Å². The molecule has 7 rings (SSSR count). The van der Waals surface area contributed by atoms with Crippen molar-refractivity contribution in [2.45, 2.75) is 75.4 Å². The molecule has 0 radical (unpaired) electrons. The fourth-order valence-electron chi connectivity index (χ4n) is 8.48. The van der Waals surface area contributed by atoms with Crippen molar-refractivity contribution in [1.29, 1.82) is 0 Å². The van der Waals surface area contributed by atoms with E-state index in [2.05, 4.69) is 71.0 Å². The quantitative estimate of drug-likeness (QED) is 0.221. The molecule has 3 fully saturated rings. The number of rotatable bonds is 9. The zero-order valence-corrected chi connectivity index (χ0v) is 28.4. The first kappa shape index (κ1) is 31.8. The molecule has 3 atom stereocenters. The Balaban J connectivity index is 1.06. The molecule has 3 saturated heterocycles. The number of fused-ring (bicyclic) bond motifs is 3. The van der Waals surface area contributed by atoms with Gasteiger partial charge in [-0.2, -0.15) is 12.7 Å². The molecule has 0 aliphatic carbocycles. The minimum atomic E-state index is -3.99. The first-order valence-corrected chi connectivity index (χ1v) is 18.3. The highest BCUT2D eigenvalue weighted by molar-refractivity contribution is 7.84. The van der Waals surface area contributed by atoms with Gasteiger partial charge in [0.05, 0.1) is 16.6 Å². The summed E-state index contributed by atoms with van der Waals surface area (Å²) >= 11 is 0. The fraction of sp³-hybridized carbons (Fsp3) is 0.459. The van der Waals surface area contributed by atoms with Crippen LogP contribution in [0.3, 0.4) is 0 Å². The van der Waals surface area contributed by atoms with Gasteiger partial charge < -0.3 is 13.7 Å². The van der Waals surface area contributed by atoms with Crippen LogP contribution in [-0.2, 0) is 15.7 Å². The van der Waals surface area contributed by atoms with Crippen LogP contribution in [0.5, 0.6) is 5.75 Å². The molecule has 47 heavy (non-hydrogen) atoms. The maximum Gasteiger partial charge on any atom is 0.384 e. The van der Waals surface area contributed by atoms with Crippen LogP contribution in [0, 0.1) is 6.92 Å². The molecule has 1 amide bonds. The second-order valence-electron chi connectivity index (χ2n) is 13.8. The minimum Gasteiger partial charge on any atom is -0.370 e. The predicted octanol–water partition coefficient (Wildman–Crippen LogP) is 5.96. The van der Waals surface area contributed by atoms with Crippen molar-refractivity contribution in [3.05, 3.63) is 95.8 Å². The third-order valence-corrected chi connectivity index (χ3v) is 12.3. The molecule has 0 unspecified atom stereocenters. The van der Waals surface area contributed by atoms with Gasteiger partial charge in [-0.15, -0.1) is 0 Å². The van der Waals surface area contributed by atoms with Crippen LogP contribution in [0.1, 0.15) is 72.7 Å². The van der Waals surface area contributed by atoms with E-state index in [1.807, 2.05) is 4.90 Å². The number of carbonyl (C=O) groups excluding carboxylic acids is 1. The van der Waals surface area contributed by atoms with Gasteiger partial charge in [-0.25, -0.2) is 4.98 Å². The smallest absolute Gasteiger partial charge is 0.370 e. The van der Waals surface area contributed by atoms with Crippen molar-refractivity contribution >= 4 is 27.2 Å². The van der Waals surface area contributed by atoms with Crippen LogP contribution in [-0.4, -0.2) is 83.8 Å². The van der Waals surface area contributed by atoms with Gasteiger partial charge in [0.15, 0.2) is 5.75 Å². The fourth-order valence-corrected chi connectivity index (χ4v) is 9.00. The number of imidazole rings is 1. The van der Waals surface area contributed by atoms with E-state index in [9.17, 15) is 13.2 Å². The van der Waals surface area contributed by atoms with Gasteiger partial charge in [0, 0.05) is 45.3 Å². The molecule has 0 spiro atoms. The Hall–Kier alpha value is -3.73. The number of nitrogens with zero attached hydrogens (tertiary/aromatic N) is 5. The van der Waals surface area contributed by atoms with Crippen LogP contribution in [0.25, 0.3) is 11.0 Å². The monoisotopic (exact) mass is 655 g/mol. The summed E-state index contributed by atoms with van der Waals surface area (Å²) in [5.41, 5.74) is 3.92. The first-order valence-electron chi connectivity index (χ1n) is 16.9. The highest BCUT2D eigenvalue weighted by Gasteiger charge is 2.44. The minimum absolute atomic E-state index is 0.0320. The van der Waals surface area contributed by atoms with Crippen LogP contribution < -0.4 is 4.18 Å². The number of para-hydroxylation sites is 3. The van der Waals surface area contributed by atoms with Crippen molar-refractivity contribution in [2.75, 3.05) is 33.7 Å². The average molecular weight is 656 g/mol. The maximum absolute atomic E-state index is 13.8. The van der Waals surface area contributed by atoms with Crippen LogP contribution in [0.15, 0.2) is 78.9 Å². The largest absolute Gasteiger partial charge is 0.384 e. The summed E-state index contributed by atoms with van der Waals surface area (Å²) in [5.74, 6) is 0.976. The van der Waals surface area contributed by atoms with E-state index in [0.29, 0.717) is 31.2 Å². The number of aryl methyl sites for hydroxylation is 1. The number of hydrogen-bond acceptors (Lipinski definition) is 6. The standard InChI is InChI=1S/C37H45N5O4S/c1-27-38-33-14-8-9-15-34(33)42(27)31-25-29-17-18-30(26-31)41(29)24-21-37(28-11-5-4-6-12-28)19-22-40(23-20-37)36(43)32-13-7-10-16-35(32)46-47(44,45)39(2)3/h4-16,29-31H,17-26H2,1-3H3/t29-,30+,31+. The number of amides is 1. The van der Waals surface area contributed by atoms with Crippen molar-refractivity contribution in [2.24, 2.45) is 0 Å². The first-order chi connectivity index (χ1) is 22.6. The zero-order valence-electron chi connectivity index (χ0n) is 27.6. The Morgan fingerprint density at radius 1 is 0.894 bits per heavy atom. The highest BCUT2D eigenvalue weighted by atomic mass is 32.2. The SMILES string of the molecule is Cc1nc2ccccc2n1[C@H]1C[C@H]2CC[C@@H](C1)N2CCC1(c2ccccc2)CCN(C(=O)c2ccccc2OS(=O)(=O)N(C)C)CC1. The van der Waals surface area contributed by atoms with Crippen LogP contribution in [0.2, 0.25) is 0 Å². The summed E-state index contributed by atoms with van der Waals surface area (Å²) in [4.78, 5) is 23.3. The van der Waals surface area contributed by atoms with Crippen LogP contribution in [0.4, 0.5) is 0 Å². The lowest BCUT2D eigenvalue weighted by Gasteiger charge is -2.45. The summed E-state index contributed by atoms with van der Waals surface area (Å²) in [6, 6.07) is 27.6. The third-order valence-electron chi connectivity index (χ3n) is 11.0. The van der Waals surface area contributed by atoms with Gasteiger partial charge in [0.1, 0.15) is 5.82 Å². The second-order valence-corrected chi connectivity index (χ2v) is 15.5. The topological polar surface area (TPSA) is 88.0 Å². The summed E-state index contributed by atoms with van der Waals surface area (Å²) in [7, 11) is -1.18. The van der Waals surface area contributed by atoms with E-state index >= 15 is 0 Å².